The van der Waals surface area contributed by atoms with Gasteiger partial charge in [0.05, 0.1) is 6.26 Å². The first kappa shape index (κ1) is 17.0. The maximum atomic E-state index is 12.8. The summed E-state index contributed by atoms with van der Waals surface area (Å²) >= 11 is 0. The Bertz CT molecular complexity index is 783. The van der Waals surface area contributed by atoms with Gasteiger partial charge in [-0.05, 0) is 12.1 Å². The zero-order valence-electron chi connectivity index (χ0n) is 14.5. The highest BCUT2D eigenvalue weighted by molar-refractivity contribution is 5.81. The lowest BCUT2D eigenvalue weighted by Crippen LogP contribution is -2.88. The molecule has 25 heavy (non-hydrogen) atoms. The van der Waals surface area contributed by atoms with Gasteiger partial charge in [-0.3, -0.25) is 4.79 Å². The Morgan fingerprint density at radius 2 is 1.48 bits per heavy atom. The molecule has 4 nitrogen and oxygen atoms in total. The average molecular weight is 335 g/mol. The molecule has 4 heteroatoms. The van der Waals surface area contributed by atoms with E-state index in [0.29, 0.717) is 0 Å². The van der Waals surface area contributed by atoms with E-state index in [1.54, 1.807) is 25.3 Å². The average Bonchev–Trinajstić information content (AvgIpc) is 3.18. The molecule has 1 amide bonds. The van der Waals surface area contributed by atoms with E-state index in [2.05, 4.69) is 17.4 Å². The fourth-order valence-electron chi connectivity index (χ4n) is 2.97. The molecule has 0 aliphatic carbocycles. The zero-order valence-corrected chi connectivity index (χ0v) is 14.5. The molecular formula is C21H23N2O2+. The number of carbonyl (C=O) groups is 1. The van der Waals surface area contributed by atoms with Crippen LogP contribution in [0.5, 0.6) is 0 Å². The van der Waals surface area contributed by atoms with Crippen LogP contribution in [0.1, 0.15) is 29.0 Å². The third-order valence-corrected chi connectivity index (χ3v) is 4.26. The Labute approximate surface area is 148 Å². The van der Waals surface area contributed by atoms with E-state index in [-0.39, 0.29) is 18.0 Å². The van der Waals surface area contributed by atoms with Gasteiger partial charge in [-0.15, -0.1) is 0 Å². The summed E-state index contributed by atoms with van der Waals surface area (Å²) in [6, 6.07) is 23.4. The van der Waals surface area contributed by atoms with E-state index in [1.165, 1.54) is 0 Å². The maximum absolute atomic E-state index is 12.8. The van der Waals surface area contributed by atoms with Crippen LogP contribution in [-0.4, -0.2) is 24.9 Å². The largest absolute Gasteiger partial charge is 0.463 e. The van der Waals surface area contributed by atoms with Crippen LogP contribution < -0.4 is 5.32 Å². The van der Waals surface area contributed by atoms with Crippen molar-refractivity contribution in [2.45, 2.75) is 12.1 Å². The predicted octanol–water partition coefficient (Wildman–Crippen LogP) is 2.76. The minimum atomic E-state index is -0.341. The number of furan rings is 1. The third-order valence-electron chi connectivity index (χ3n) is 4.26. The molecule has 0 bridgehead atoms. The van der Waals surface area contributed by atoms with E-state index in [1.807, 2.05) is 60.7 Å². The lowest BCUT2D eigenvalue weighted by molar-refractivity contribution is -0.716. The van der Waals surface area contributed by atoms with E-state index >= 15 is 0 Å². The summed E-state index contributed by atoms with van der Waals surface area (Å²) in [4.78, 5) is 14.5. The van der Waals surface area contributed by atoms with Crippen molar-refractivity contribution in [2.75, 3.05) is 14.1 Å². The van der Waals surface area contributed by atoms with Crippen LogP contribution >= 0.6 is 0 Å². The number of amides is 1. The number of nitrogens with zero attached hydrogens (tertiary/aromatic N) is 1. The monoisotopic (exact) mass is 335 g/mol. The van der Waals surface area contributed by atoms with Crippen molar-refractivity contribution in [3.63, 3.8) is 0 Å². The second-order valence-electron chi connectivity index (χ2n) is 6.22. The summed E-state index contributed by atoms with van der Waals surface area (Å²) in [7, 11) is 3.58. The molecule has 128 valence electrons. The summed E-state index contributed by atoms with van der Waals surface area (Å²) in [5, 5.41) is 2.08. The maximum Gasteiger partial charge on any atom is 0.285 e. The Kier molecular flexibility index (Phi) is 5.31. The quantitative estimate of drug-likeness (QED) is 0.753. The molecule has 2 atom stereocenters. The van der Waals surface area contributed by atoms with Gasteiger partial charge < -0.3 is 14.6 Å². The molecule has 2 aromatic carbocycles. The highest BCUT2D eigenvalue weighted by atomic mass is 16.3. The first-order chi connectivity index (χ1) is 12.2. The summed E-state index contributed by atoms with van der Waals surface area (Å²) in [5.41, 5.74) is 2.08. The molecule has 0 aliphatic heterocycles. The van der Waals surface area contributed by atoms with Crippen LogP contribution in [0.3, 0.4) is 0 Å². The molecule has 0 unspecified atom stereocenters. The van der Waals surface area contributed by atoms with Crippen molar-refractivity contribution in [3.8, 4) is 0 Å². The van der Waals surface area contributed by atoms with E-state index in [9.17, 15) is 4.79 Å². The van der Waals surface area contributed by atoms with Crippen LogP contribution in [0.4, 0.5) is 0 Å². The summed E-state index contributed by atoms with van der Waals surface area (Å²) in [6.45, 7) is 0. The summed E-state index contributed by atoms with van der Waals surface area (Å²) in [5.74, 6) is 0.886. The smallest absolute Gasteiger partial charge is 0.285 e. The molecule has 3 rings (SSSR count). The van der Waals surface area contributed by atoms with Crippen molar-refractivity contribution in [1.29, 1.82) is 0 Å². The van der Waals surface area contributed by atoms with Gasteiger partial charge in [0.25, 0.3) is 5.91 Å². The van der Waals surface area contributed by atoms with Crippen molar-refractivity contribution >= 4 is 5.91 Å². The highest BCUT2D eigenvalue weighted by Crippen LogP contribution is 2.21. The minimum Gasteiger partial charge on any atom is -0.463 e. The summed E-state index contributed by atoms with van der Waals surface area (Å²) < 4.78 is 5.67. The molecule has 2 N–H and O–H groups in total. The van der Waals surface area contributed by atoms with Crippen molar-refractivity contribution in [2.24, 2.45) is 0 Å². The number of hydrogen-bond acceptors (Lipinski definition) is 2. The van der Waals surface area contributed by atoms with Gasteiger partial charge in [-0.25, -0.2) is 0 Å². The van der Waals surface area contributed by atoms with Gasteiger partial charge in [0, 0.05) is 25.2 Å². The Balaban J connectivity index is 1.98. The molecule has 0 saturated carbocycles. The van der Waals surface area contributed by atoms with Gasteiger partial charge in [0.1, 0.15) is 0 Å². The van der Waals surface area contributed by atoms with Crippen LogP contribution in [0.2, 0.25) is 0 Å². The van der Waals surface area contributed by atoms with Gasteiger partial charge >= 0.3 is 0 Å². The first-order valence-corrected chi connectivity index (χ1v) is 8.36. The van der Waals surface area contributed by atoms with Crippen molar-refractivity contribution in [3.05, 3.63) is 95.9 Å². The van der Waals surface area contributed by atoms with Gasteiger partial charge in [-0.1, -0.05) is 60.7 Å². The second-order valence-corrected chi connectivity index (χ2v) is 6.22. The van der Waals surface area contributed by atoms with Crippen LogP contribution in [0.25, 0.3) is 0 Å². The van der Waals surface area contributed by atoms with Gasteiger partial charge in [0.2, 0.25) is 0 Å². The Morgan fingerprint density at radius 1 is 0.880 bits per heavy atom. The van der Waals surface area contributed by atoms with E-state index < -0.39 is 0 Å². The van der Waals surface area contributed by atoms with E-state index in [0.717, 1.165) is 16.9 Å². The van der Waals surface area contributed by atoms with Gasteiger partial charge in [-0.2, -0.15) is 0 Å². The van der Waals surface area contributed by atoms with Gasteiger partial charge in [0.15, 0.2) is 17.8 Å². The number of likely N-dealkylation sites (N-methyl/N-ethyl adjacent to an activating group) is 1. The number of nitrogens with two attached hydrogens (primary N) is 1. The molecule has 0 aliphatic rings. The number of benzene rings is 2. The molecule has 3 aromatic rings. The molecule has 1 aromatic heterocycles. The molecule has 1 heterocycles. The molecule has 0 fully saturated rings. The SMILES string of the molecule is CN(C)C(=O)[C@@H]([NH2+][C@@H](c1ccccc1)c1ccco1)c1ccccc1. The molecule has 0 spiro atoms. The lowest BCUT2D eigenvalue weighted by atomic mass is 10.00. The topological polar surface area (TPSA) is 50.1 Å². The second kappa shape index (κ2) is 7.81. The lowest BCUT2D eigenvalue weighted by Gasteiger charge is -2.23. The predicted molar refractivity (Wildman–Crippen MR) is 96.8 cm³/mol. The zero-order chi connectivity index (χ0) is 17.6. The Hall–Kier alpha value is -2.85. The first-order valence-electron chi connectivity index (χ1n) is 8.36. The number of carbonyl (C=O) groups excluding carboxylic acids is 1. The van der Waals surface area contributed by atoms with Crippen molar-refractivity contribution in [1.82, 2.24) is 4.90 Å². The number of hydrogen-bond donors (Lipinski definition) is 1. The fourth-order valence-corrected chi connectivity index (χ4v) is 2.97. The van der Waals surface area contributed by atoms with Crippen LogP contribution in [0, 0.1) is 0 Å². The van der Waals surface area contributed by atoms with Crippen molar-refractivity contribution < 1.29 is 14.5 Å². The number of quaternary nitrogens is 1. The third kappa shape index (κ3) is 3.98. The Morgan fingerprint density at radius 3 is 2.00 bits per heavy atom. The molecular weight excluding hydrogens is 312 g/mol. The normalized spacial score (nSPS) is 13.2. The standard InChI is InChI=1S/C21H22N2O2/c1-23(2)21(24)20(17-12-7-4-8-13-17)22-19(18-14-9-15-25-18)16-10-5-3-6-11-16/h3-15,19-20,22H,1-2H3/p+1/t19-,20-/m0/s1. The molecule has 0 saturated heterocycles. The minimum absolute atomic E-state index is 0.0543. The van der Waals surface area contributed by atoms with E-state index in [4.69, 9.17) is 4.42 Å². The van der Waals surface area contributed by atoms with Crippen LogP contribution in [-0.2, 0) is 4.79 Å². The van der Waals surface area contributed by atoms with Crippen LogP contribution in [0.15, 0.2) is 83.5 Å². The summed E-state index contributed by atoms with van der Waals surface area (Å²) in [6.07, 6.45) is 1.67. The number of rotatable bonds is 6. The highest BCUT2D eigenvalue weighted by Gasteiger charge is 2.31. The fraction of sp³-hybridized carbons (Fsp3) is 0.190. The molecule has 0 radical (unpaired) electrons.